The molecular weight excluding hydrogens is 318 g/mol. The largest absolute Gasteiger partial charge is 0.326 e. The quantitative estimate of drug-likeness (QED) is 0.644. The zero-order valence-electron chi connectivity index (χ0n) is 14.1. The van der Waals surface area contributed by atoms with E-state index in [4.69, 9.17) is 0 Å². The molecule has 3 aromatic rings. The van der Waals surface area contributed by atoms with Crippen LogP contribution in [0.2, 0.25) is 0 Å². The first-order chi connectivity index (χ1) is 12.1. The number of aryl methyl sites for hydroxylation is 1. The summed E-state index contributed by atoms with van der Waals surface area (Å²) in [5.41, 5.74) is 2.91. The first-order valence-corrected chi connectivity index (χ1v) is 8.72. The van der Waals surface area contributed by atoms with Crippen LogP contribution in [0.4, 0.5) is 5.82 Å². The van der Waals surface area contributed by atoms with E-state index in [0.717, 1.165) is 30.6 Å². The van der Waals surface area contributed by atoms with Crippen molar-refractivity contribution in [3.8, 4) is 0 Å². The van der Waals surface area contributed by atoms with Crippen molar-refractivity contribution in [2.45, 2.75) is 39.2 Å². The molecule has 7 heteroatoms. The highest BCUT2D eigenvalue weighted by Crippen LogP contribution is 2.31. The Bertz CT molecular complexity index is 977. The van der Waals surface area contributed by atoms with E-state index >= 15 is 0 Å². The second-order valence-corrected chi connectivity index (χ2v) is 6.70. The van der Waals surface area contributed by atoms with Gasteiger partial charge in [0.1, 0.15) is 0 Å². The molecule has 1 aliphatic rings. The molecule has 0 bridgehead atoms. The lowest BCUT2D eigenvalue weighted by Crippen LogP contribution is -2.17. The Morgan fingerprint density at radius 1 is 1.36 bits per heavy atom. The van der Waals surface area contributed by atoms with Gasteiger partial charge in [-0.1, -0.05) is 13.3 Å². The maximum atomic E-state index is 12.4. The van der Waals surface area contributed by atoms with E-state index in [1.165, 1.54) is 12.8 Å². The lowest BCUT2D eigenvalue weighted by molar-refractivity contribution is 0.102. The molecule has 0 saturated heterocycles. The number of amides is 1. The zero-order chi connectivity index (χ0) is 17.4. The van der Waals surface area contributed by atoms with Crippen molar-refractivity contribution in [1.82, 2.24) is 19.7 Å². The number of carbonyl (C=O) groups excluding carboxylic acids is 1. The molecule has 130 valence electrons. The van der Waals surface area contributed by atoms with Gasteiger partial charge in [0.25, 0.3) is 5.91 Å². The number of H-pyrrole nitrogens is 2. The van der Waals surface area contributed by atoms with Crippen molar-refractivity contribution in [2.75, 3.05) is 5.32 Å². The van der Waals surface area contributed by atoms with Crippen molar-refractivity contribution < 1.29 is 4.79 Å². The van der Waals surface area contributed by atoms with Gasteiger partial charge in [-0.15, -0.1) is 0 Å². The number of hydrogen-bond acceptors (Lipinski definition) is 3. The van der Waals surface area contributed by atoms with Crippen LogP contribution in [-0.4, -0.2) is 25.7 Å². The molecule has 25 heavy (non-hydrogen) atoms. The number of aromatic amines is 2. The van der Waals surface area contributed by atoms with Gasteiger partial charge in [-0.25, -0.2) is 4.79 Å². The number of nitrogens with zero attached hydrogens (tertiary/aromatic N) is 2. The Kier molecular flexibility index (Phi) is 3.91. The SMILES string of the molecule is CCCc1cc(NC(=O)c2ccc3c(c2)[nH]c(=O)n3CC2CC2)n[nH]1. The summed E-state index contributed by atoms with van der Waals surface area (Å²) in [7, 11) is 0. The summed E-state index contributed by atoms with van der Waals surface area (Å²) in [5.74, 6) is 0.872. The average molecular weight is 339 g/mol. The van der Waals surface area contributed by atoms with Gasteiger partial charge in [0, 0.05) is 23.9 Å². The second kappa shape index (κ2) is 6.23. The van der Waals surface area contributed by atoms with Crippen LogP contribution < -0.4 is 11.0 Å². The van der Waals surface area contributed by atoms with Gasteiger partial charge >= 0.3 is 5.69 Å². The zero-order valence-corrected chi connectivity index (χ0v) is 14.1. The fourth-order valence-corrected chi connectivity index (χ4v) is 3.06. The van der Waals surface area contributed by atoms with Crippen LogP contribution in [0.5, 0.6) is 0 Å². The van der Waals surface area contributed by atoms with Crippen molar-refractivity contribution in [2.24, 2.45) is 5.92 Å². The van der Waals surface area contributed by atoms with E-state index in [1.54, 1.807) is 16.7 Å². The number of carbonyl (C=O) groups is 1. The number of anilines is 1. The minimum Gasteiger partial charge on any atom is -0.306 e. The minimum atomic E-state index is -0.243. The Morgan fingerprint density at radius 2 is 2.20 bits per heavy atom. The molecule has 3 N–H and O–H groups in total. The Balaban J connectivity index is 1.55. The highest BCUT2D eigenvalue weighted by molar-refractivity contribution is 6.05. The molecule has 0 radical (unpaired) electrons. The molecule has 4 rings (SSSR count). The number of aromatic nitrogens is 4. The Morgan fingerprint density at radius 3 is 2.96 bits per heavy atom. The third-order valence-electron chi connectivity index (χ3n) is 4.57. The molecule has 1 aromatic carbocycles. The van der Waals surface area contributed by atoms with E-state index in [0.29, 0.717) is 22.8 Å². The summed E-state index contributed by atoms with van der Waals surface area (Å²) in [6, 6.07) is 7.13. The van der Waals surface area contributed by atoms with Gasteiger partial charge in [-0.2, -0.15) is 5.10 Å². The summed E-state index contributed by atoms with van der Waals surface area (Å²) in [4.78, 5) is 27.4. The van der Waals surface area contributed by atoms with Gasteiger partial charge in [0.2, 0.25) is 0 Å². The summed E-state index contributed by atoms with van der Waals surface area (Å²) in [6.07, 6.45) is 4.27. The molecule has 0 unspecified atom stereocenters. The van der Waals surface area contributed by atoms with Crippen molar-refractivity contribution in [3.63, 3.8) is 0 Å². The van der Waals surface area contributed by atoms with Crippen molar-refractivity contribution in [3.05, 3.63) is 46.0 Å². The molecule has 1 amide bonds. The maximum Gasteiger partial charge on any atom is 0.326 e. The molecule has 0 atom stereocenters. The van der Waals surface area contributed by atoms with Gasteiger partial charge < -0.3 is 10.3 Å². The molecule has 1 fully saturated rings. The predicted octanol–water partition coefficient (Wildman–Crippen LogP) is 2.67. The molecule has 0 aliphatic heterocycles. The predicted molar refractivity (Wildman–Crippen MR) is 95.8 cm³/mol. The van der Waals surface area contributed by atoms with E-state index < -0.39 is 0 Å². The molecule has 0 spiro atoms. The summed E-state index contributed by atoms with van der Waals surface area (Å²) >= 11 is 0. The number of imidazole rings is 1. The summed E-state index contributed by atoms with van der Waals surface area (Å²) in [5, 5.41) is 9.80. The van der Waals surface area contributed by atoms with Gasteiger partial charge in [0.15, 0.2) is 5.82 Å². The van der Waals surface area contributed by atoms with Crippen LogP contribution in [0.1, 0.15) is 42.2 Å². The summed E-state index contributed by atoms with van der Waals surface area (Å²) < 4.78 is 1.76. The van der Waals surface area contributed by atoms with Crippen molar-refractivity contribution in [1.29, 1.82) is 0 Å². The maximum absolute atomic E-state index is 12.4. The normalized spacial score (nSPS) is 14.1. The number of fused-ring (bicyclic) bond motifs is 1. The lowest BCUT2D eigenvalue weighted by atomic mass is 10.2. The third-order valence-corrected chi connectivity index (χ3v) is 4.57. The average Bonchev–Trinajstić information content (AvgIpc) is 3.23. The first kappa shape index (κ1) is 15.7. The molecule has 2 heterocycles. The smallest absolute Gasteiger partial charge is 0.306 e. The van der Waals surface area contributed by atoms with Crippen LogP contribution in [0.3, 0.4) is 0 Å². The van der Waals surface area contributed by atoms with E-state index in [2.05, 4.69) is 27.4 Å². The number of benzene rings is 1. The van der Waals surface area contributed by atoms with Crippen LogP contribution in [0, 0.1) is 5.92 Å². The van der Waals surface area contributed by atoms with Gasteiger partial charge in [-0.3, -0.25) is 14.5 Å². The lowest BCUT2D eigenvalue weighted by Gasteiger charge is -2.04. The molecule has 1 saturated carbocycles. The van der Waals surface area contributed by atoms with Crippen LogP contribution in [0.15, 0.2) is 29.1 Å². The minimum absolute atomic E-state index is 0.115. The molecule has 7 nitrogen and oxygen atoms in total. The standard InChI is InChI=1S/C18H21N5O2/c1-2-3-13-9-16(22-21-13)20-17(24)12-6-7-15-14(8-12)19-18(25)23(15)10-11-4-5-11/h6-9,11H,2-5,10H2,1H3,(H,19,25)(H2,20,21,22,24). The van der Waals surface area contributed by atoms with Gasteiger partial charge in [-0.05, 0) is 43.4 Å². The fourth-order valence-electron chi connectivity index (χ4n) is 3.06. The molecule has 2 aromatic heterocycles. The number of hydrogen-bond donors (Lipinski definition) is 3. The van der Waals surface area contributed by atoms with Crippen LogP contribution >= 0.6 is 0 Å². The second-order valence-electron chi connectivity index (χ2n) is 6.70. The van der Waals surface area contributed by atoms with E-state index in [9.17, 15) is 9.59 Å². The Hall–Kier alpha value is -2.83. The number of rotatable bonds is 6. The number of nitrogens with one attached hydrogen (secondary N) is 3. The van der Waals surface area contributed by atoms with Gasteiger partial charge in [0.05, 0.1) is 11.0 Å². The summed E-state index contributed by atoms with van der Waals surface area (Å²) in [6.45, 7) is 2.84. The Labute approximate surface area is 144 Å². The van der Waals surface area contributed by atoms with E-state index in [1.807, 2.05) is 12.1 Å². The van der Waals surface area contributed by atoms with Crippen molar-refractivity contribution >= 4 is 22.8 Å². The van der Waals surface area contributed by atoms with Crippen LogP contribution in [0.25, 0.3) is 11.0 Å². The monoisotopic (exact) mass is 339 g/mol. The molecule has 1 aliphatic carbocycles. The third kappa shape index (κ3) is 3.22. The highest BCUT2D eigenvalue weighted by atomic mass is 16.2. The topological polar surface area (TPSA) is 95.6 Å². The first-order valence-electron chi connectivity index (χ1n) is 8.72. The molecular formula is C18H21N5O2. The van der Waals surface area contributed by atoms with Crippen LogP contribution in [-0.2, 0) is 13.0 Å². The van der Waals surface area contributed by atoms with E-state index in [-0.39, 0.29) is 11.6 Å². The highest BCUT2D eigenvalue weighted by Gasteiger charge is 2.23. The fraction of sp³-hybridized carbons (Fsp3) is 0.389.